The molecule has 0 radical (unpaired) electrons. The van der Waals surface area contributed by atoms with E-state index in [0.29, 0.717) is 22.0 Å². The first-order valence-electron chi connectivity index (χ1n) is 9.92. The summed E-state index contributed by atoms with van der Waals surface area (Å²) >= 11 is 12.3. The maximum atomic E-state index is 12.7. The van der Waals surface area contributed by atoms with Crippen molar-refractivity contribution in [2.45, 2.75) is 58.4 Å². The van der Waals surface area contributed by atoms with E-state index in [4.69, 9.17) is 23.2 Å². The summed E-state index contributed by atoms with van der Waals surface area (Å²) in [6, 6.07) is 13.8. The minimum absolute atomic E-state index is 0.0146. The second-order valence-electron chi connectivity index (χ2n) is 9.03. The van der Waals surface area contributed by atoms with Crippen LogP contribution in [0.3, 0.4) is 0 Å². The fourth-order valence-corrected chi connectivity index (χ4v) is 4.37. The highest BCUT2D eigenvalue weighted by molar-refractivity contribution is 6.42. The summed E-state index contributed by atoms with van der Waals surface area (Å²) in [5, 5.41) is 13.7. The number of hydrogen-bond acceptors (Lipinski definition) is 2. The van der Waals surface area contributed by atoms with Gasteiger partial charge in [-0.1, -0.05) is 56.1 Å². The Bertz CT molecular complexity index is 956. The van der Waals surface area contributed by atoms with Crippen LogP contribution in [0.25, 0.3) is 0 Å². The predicted octanol–water partition coefficient (Wildman–Crippen LogP) is 6.06. The molecule has 0 spiro atoms. The Morgan fingerprint density at radius 1 is 1.17 bits per heavy atom. The third kappa shape index (κ3) is 5.53. The number of amides is 1. The molecular weight excluding hydrogens is 403 g/mol. The second kappa shape index (κ2) is 8.78. The highest BCUT2D eigenvalue weighted by Crippen LogP contribution is 2.36. The zero-order valence-electron chi connectivity index (χ0n) is 17.1. The van der Waals surface area contributed by atoms with Crippen LogP contribution in [0, 0.1) is 16.7 Å². The summed E-state index contributed by atoms with van der Waals surface area (Å²) in [6.45, 7) is 6.19. The number of benzene rings is 2. The predicted molar refractivity (Wildman–Crippen MR) is 118 cm³/mol. The van der Waals surface area contributed by atoms with Crippen LogP contribution in [0.1, 0.15) is 61.8 Å². The highest BCUT2D eigenvalue weighted by Gasteiger charge is 2.32. The number of nitrogens with zero attached hydrogens (tertiary/aromatic N) is 1. The summed E-state index contributed by atoms with van der Waals surface area (Å²) in [7, 11) is 0. The van der Waals surface area contributed by atoms with Crippen LogP contribution in [0.15, 0.2) is 36.4 Å². The Balaban J connectivity index is 1.93. The average Bonchev–Trinajstić information content (AvgIpc) is 2.64. The monoisotopic (exact) mass is 428 g/mol. The number of nitrogens with one attached hydrogen (secondary N) is 1. The molecule has 2 aromatic rings. The quantitative estimate of drug-likeness (QED) is 0.643. The van der Waals surface area contributed by atoms with Crippen LogP contribution < -0.4 is 5.32 Å². The SMILES string of the molecule is CC(C)(C)CC(=O)NC1CCc2ccc(C#N)cc2C1Cc1ccc(Cl)c(Cl)c1. The van der Waals surface area contributed by atoms with Gasteiger partial charge in [0, 0.05) is 18.4 Å². The summed E-state index contributed by atoms with van der Waals surface area (Å²) in [4.78, 5) is 12.7. The van der Waals surface area contributed by atoms with Gasteiger partial charge in [0.15, 0.2) is 0 Å². The maximum absolute atomic E-state index is 12.7. The molecule has 0 fully saturated rings. The number of carbonyl (C=O) groups excluding carboxylic acids is 1. The molecule has 1 N–H and O–H groups in total. The number of nitriles is 1. The Labute approximate surface area is 183 Å². The van der Waals surface area contributed by atoms with Gasteiger partial charge in [-0.3, -0.25) is 4.79 Å². The molecule has 1 aliphatic rings. The molecule has 3 nitrogen and oxygen atoms in total. The number of carbonyl (C=O) groups is 1. The normalized spacial score (nSPS) is 18.6. The van der Waals surface area contributed by atoms with Gasteiger partial charge in [-0.05, 0) is 65.6 Å². The molecule has 2 unspecified atom stereocenters. The van der Waals surface area contributed by atoms with Crippen LogP contribution in [0.2, 0.25) is 10.0 Å². The molecule has 3 rings (SSSR count). The van der Waals surface area contributed by atoms with Gasteiger partial charge in [0.05, 0.1) is 21.7 Å². The van der Waals surface area contributed by atoms with Gasteiger partial charge >= 0.3 is 0 Å². The average molecular weight is 429 g/mol. The Hall–Kier alpha value is -2.02. The van der Waals surface area contributed by atoms with Gasteiger partial charge in [-0.15, -0.1) is 0 Å². The van der Waals surface area contributed by atoms with Gasteiger partial charge in [0.1, 0.15) is 0 Å². The van der Waals surface area contributed by atoms with Crippen LogP contribution in [-0.4, -0.2) is 11.9 Å². The highest BCUT2D eigenvalue weighted by atomic mass is 35.5. The zero-order chi connectivity index (χ0) is 21.2. The third-order valence-corrected chi connectivity index (χ3v) is 6.10. The van der Waals surface area contributed by atoms with E-state index in [1.54, 1.807) is 0 Å². The molecule has 0 saturated carbocycles. The van der Waals surface area contributed by atoms with E-state index in [-0.39, 0.29) is 23.3 Å². The van der Waals surface area contributed by atoms with Crippen molar-refractivity contribution in [3.63, 3.8) is 0 Å². The lowest BCUT2D eigenvalue weighted by Crippen LogP contribution is -2.43. The number of aryl methyl sites for hydroxylation is 1. The first-order chi connectivity index (χ1) is 13.7. The number of fused-ring (bicyclic) bond motifs is 1. The number of hydrogen-bond donors (Lipinski definition) is 1. The first kappa shape index (κ1) is 21.7. The molecule has 1 aliphatic carbocycles. The fraction of sp³-hybridized carbons (Fsp3) is 0.417. The van der Waals surface area contributed by atoms with Gasteiger partial charge < -0.3 is 5.32 Å². The smallest absolute Gasteiger partial charge is 0.220 e. The molecular formula is C24H26Cl2N2O. The molecule has 2 atom stereocenters. The number of rotatable bonds is 4. The second-order valence-corrected chi connectivity index (χ2v) is 9.85. The minimum Gasteiger partial charge on any atom is -0.353 e. The Morgan fingerprint density at radius 2 is 1.93 bits per heavy atom. The van der Waals surface area contributed by atoms with Gasteiger partial charge in [0.2, 0.25) is 5.91 Å². The van der Waals surface area contributed by atoms with E-state index < -0.39 is 0 Å². The molecule has 5 heteroatoms. The molecule has 152 valence electrons. The van der Waals surface area contributed by atoms with Crippen molar-refractivity contribution in [1.29, 1.82) is 5.26 Å². The molecule has 1 amide bonds. The first-order valence-corrected chi connectivity index (χ1v) is 10.7. The lowest BCUT2D eigenvalue weighted by Gasteiger charge is -2.35. The lowest BCUT2D eigenvalue weighted by atomic mass is 9.75. The Morgan fingerprint density at radius 3 is 2.59 bits per heavy atom. The van der Waals surface area contributed by atoms with Crippen molar-refractivity contribution < 1.29 is 4.79 Å². The van der Waals surface area contributed by atoms with Crippen molar-refractivity contribution in [2.24, 2.45) is 5.41 Å². The molecule has 0 bridgehead atoms. The summed E-state index contributed by atoms with van der Waals surface area (Å²) < 4.78 is 0. The molecule has 0 aliphatic heterocycles. The van der Waals surface area contributed by atoms with Gasteiger partial charge in [-0.25, -0.2) is 0 Å². The third-order valence-electron chi connectivity index (χ3n) is 5.36. The van der Waals surface area contributed by atoms with Crippen molar-refractivity contribution in [2.75, 3.05) is 0 Å². The fourth-order valence-electron chi connectivity index (χ4n) is 4.05. The van der Waals surface area contributed by atoms with Gasteiger partial charge in [0.25, 0.3) is 0 Å². The lowest BCUT2D eigenvalue weighted by molar-refractivity contribution is -0.123. The molecule has 0 aromatic heterocycles. The Kier molecular flexibility index (Phi) is 6.56. The van der Waals surface area contributed by atoms with E-state index in [1.807, 2.05) is 36.4 Å². The van der Waals surface area contributed by atoms with Crippen molar-refractivity contribution in [3.05, 3.63) is 68.7 Å². The van der Waals surface area contributed by atoms with E-state index in [1.165, 1.54) is 5.56 Å². The van der Waals surface area contributed by atoms with Crippen LogP contribution in [-0.2, 0) is 17.6 Å². The van der Waals surface area contributed by atoms with E-state index in [9.17, 15) is 10.1 Å². The van der Waals surface area contributed by atoms with Crippen LogP contribution in [0.5, 0.6) is 0 Å². The van der Waals surface area contributed by atoms with Crippen molar-refractivity contribution in [3.8, 4) is 6.07 Å². The van der Waals surface area contributed by atoms with E-state index in [0.717, 1.165) is 30.4 Å². The van der Waals surface area contributed by atoms with Gasteiger partial charge in [-0.2, -0.15) is 5.26 Å². The van der Waals surface area contributed by atoms with Crippen LogP contribution >= 0.6 is 23.2 Å². The summed E-state index contributed by atoms with van der Waals surface area (Å²) in [5.41, 5.74) is 4.03. The molecule has 0 saturated heterocycles. The standard InChI is InChI=1S/C24H26Cl2N2O/c1-24(2,3)13-23(29)28-22-9-7-17-6-4-16(14-27)11-18(17)19(22)10-15-5-8-20(25)21(26)12-15/h4-6,8,11-12,19,22H,7,9-10,13H2,1-3H3,(H,28,29). The maximum Gasteiger partial charge on any atom is 0.220 e. The molecule has 0 heterocycles. The minimum atomic E-state index is -0.0656. The molecule has 29 heavy (non-hydrogen) atoms. The van der Waals surface area contributed by atoms with E-state index in [2.05, 4.69) is 32.2 Å². The topological polar surface area (TPSA) is 52.9 Å². The molecule has 2 aromatic carbocycles. The zero-order valence-corrected chi connectivity index (χ0v) is 18.6. The summed E-state index contributed by atoms with van der Waals surface area (Å²) in [6.07, 6.45) is 2.97. The van der Waals surface area contributed by atoms with Crippen LogP contribution in [0.4, 0.5) is 0 Å². The number of halogens is 2. The van der Waals surface area contributed by atoms with Crippen molar-refractivity contribution >= 4 is 29.1 Å². The largest absolute Gasteiger partial charge is 0.353 e. The van der Waals surface area contributed by atoms with Crippen molar-refractivity contribution in [1.82, 2.24) is 5.32 Å². The summed E-state index contributed by atoms with van der Waals surface area (Å²) in [5.74, 6) is 0.148. The van der Waals surface area contributed by atoms with E-state index >= 15 is 0 Å².